The number of carbonyl (C=O) groups excluding carboxylic acids is 1. The first-order valence-electron chi connectivity index (χ1n) is 8.03. The molecule has 2 heterocycles. The van der Waals surface area contributed by atoms with Crippen LogP contribution in [0.4, 0.5) is 5.13 Å². The van der Waals surface area contributed by atoms with Crippen LogP contribution in [0.2, 0.25) is 0 Å². The van der Waals surface area contributed by atoms with E-state index in [9.17, 15) is 4.79 Å². The lowest BCUT2D eigenvalue weighted by atomic mass is 10.3. The largest absolute Gasteiger partial charge is 0.494 e. The fourth-order valence-electron chi connectivity index (χ4n) is 2.41. The number of nitrogens with one attached hydrogen (secondary N) is 1. The maximum atomic E-state index is 12.2. The number of fused-ring (bicyclic) bond motifs is 2. The molecule has 5 nitrogen and oxygen atoms in total. The molecule has 4 rings (SSSR count). The van der Waals surface area contributed by atoms with Crippen molar-refractivity contribution in [3.63, 3.8) is 0 Å². The van der Waals surface area contributed by atoms with Gasteiger partial charge in [-0.25, -0.2) is 9.97 Å². The van der Waals surface area contributed by atoms with Gasteiger partial charge in [0, 0.05) is 0 Å². The van der Waals surface area contributed by atoms with Gasteiger partial charge in [0.2, 0.25) is 5.91 Å². The summed E-state index contributed by atoms with van der Waals surface area (Å²) in [7, 11) is 0. The molecule has 0 aliphatic carbocycles. The third-order valence-corrected chi connectivity index (χ3v) is 6.63. The monoisotopic (exact) mass is 401 g/mol. The zero-order valence-electron chi connectivity index (χ0n) is 13.9. The van der Waals surface area contributed by atoms with Gasteiger partial charge in [0.1, 0.15) is 5.75 Å². The molecule has 0 saturated heterocycles. The molecular formula is C18H15N3O2S3. The summed E-state index contributed by atoms with van der Waals surface area (Å²) in [5, 5.41) is 3.49. The lowest BCUT2D eigenvalue weighted by Crippen LogP contribution is -2.13. The first kappa shape index (κ1) is 17.3. The van der Waals surface area contributed by atoms with Gasteiger partial charge in [-0.05, 0) is 37.3 Å². The minimum absolute atomic E-state index is 0.0803. The highest BCUT2D eigenvalue weighted by Crippen LogP contribution is 2.32. The smallest absolute Gasteiger partial charge is 0.236 e. The quantitative estimate of drug-likeness (QED) is 0.459. The van der Waals surface area contributed by atoms with E-state index in [0.717, 1.165) is 30.5 Å². The van der Waals surface area contributed by atoms with E-state index in [1.807, 2.05) is 49.4 Å². The fraction of sp³-hybridized carbons (Fsp3) is 0.167. The Balaban J connectivity index is 1.39. The fourth-order valence-corrected chi connectivity index (χ4v) is 5.19. The molecular weight excluding hydrogens is 386 g/mol. The molecule has 4 aromatic rings. The lowest BCUT2D eigenvalue weighted by molar-refractivity contribution is -0.113. The van der Waals surface area contributed by atoms with Gasteiger partial charge >= 0.3 is 0 Å². The maximum Gasteiger partial charge on any atom is 0.236 e. The number of aromatic nitrogens is 2. The third-order valence-electron chi connectivity index (χ3n) is 3.52. The van der Waals surface area contributed by atoms with Crippen LogP contribution < -0.4 is 10.1 Å². The maximum absolute atomic E-state index is 12.2. The Bertz CT molecular complexity index is 1040. The molecule has 0 saturated carbocycles. The predicted molar refractivity (Wildman–Crippen MR) is 110 cm³/mol. The number of hydrogen-bond donors (Lipinski definition) is 1. The van der Waals surface area contributed by atoms with Gasteiger partial charge in [-0.2, -0.15) is 0 Å². The molecule has 0 atom stereocenters. The van der Waals surface area contributed by atoms with Crippen LogP contribution in [0.25, 0.3) is 20.4 Å². The van der Waals surface area contributed by atoms with Crippen LogP contribution in [-0.2, 0) is 4.79 Å². The molecule has 0 bridgehead atoms. The SMILES string of the molecule is CCOc1ccc2nc(SCC(=O)Nc3nc4ccccc4s3)sc2c1. The summed E-state index contributed by atoms with van der Waals surface area (Å²) >= 11 is 4.48. The van der Waals surface area contributed by atoms with E-state index in [2.05, 4.69) is 15.3 Å². The van der Waals surface area contributed by atoms with Crippen LogP contribution in [0.15, 0.2) is 46.8 Å². The molecule has 0 unspecified atom stereocenters. The van der Waals surface area contributed by atoms with Gasteiger partial charge in [-0.1, -0.05) is 35.2 Å². The van der Waals surface area contributed by atoms with E-state index in [4.69, 9.17) is 4.74 Å². The molecule has 0 radical (unpaired) electrons. The van der Waals surface area contributed by atoms with E-state index in [1.165, 1.54) is 23.1 Å². The van der Waals surface area contributed by atoms with Crippen LogP contribution in [-0.4, -0.2) is 28.2 Å². The highest BCUT2D eigenvalue weighted by atomic mass is 32.2. The second kappa shape index (κ2) is 7.61. The third kappa shape index (κ3) is 3.82. The number of ether oxygens (including phenoxy) is 1. The number of hydrogen-bond acceptors (Lipinski definition) is 7. The normalized spacial score (nSPS) is 11.1. The van der Waals surface area contributed by atoms with E-state index < -0.39 is 0 Å². The van der Waals surface area contributed by atoms with E-state index in [0.29, 0.717) is 17.5 Å². The van der Waals surface area contributed by atoms with Gasteiger partial charge in [0.15, 0.2) is 9.47 Å². The molecule has 26 heavy (non-hydrogen) atoms. The molecule has 0 fully saturated rings. The Morgan fingerprint density at radius 1 is 1.12 bits per heavy atom. The van der Waals surface area contributed by atoms with Gasteiger partial charge in [0.25, 0.3) is 0 Å². The van der Waals surface area contributed by atoms with E-state index in [1.54, 1.807) is 11.3 Å². The molecule has 8 heteroatoms. The standard InChI is InChI=1S/C18H15N3O2S3/c1-2-23-11-7-8-13-15(9-11)26-18(20-13)24-10-16(22)21-17-19-12-5-3-4-6-14(12)25-17/h3-9H,2,10H2,1H3,(H,19,21,22). The number of para-hydroxylation sites is 1. The first-order chi connectivity index (χ1) is 12.7. The highest BCUT2D eigenvalue weighted by Gasteiger charge is 2.11. The van der Waals surface area contributed by atoms with Crippen LogP contribution in [0.3, 0.4) is 0 Å². The minimum atomic E-state index is -0.0803. The van der Waals surface area contributed by atoms with E-state index in [-0.39, 0.29) is 5.91 Å². The van der Waals surface area contributed by atoms with Crippen molar-refractivity contribution in [1.29, 1.82) is 0 Å². The van der Waals surface area contributed by atoms with Crippen molar-refractivity contribution < 1.29 is 9.53 Å². The number of thioether (sulfide) groups is 1. The summed E-state index contributed by atoms with van der Waals surface area (Å²) in [6.07, 6.45) is 0. The number of nitrogens with zero attached hydrogens (tertiary/aromatic N) is 2. The van der Waals surface area contributed by atoms with Crippen molar-refractivity contribution in [3.05, 3.63) is 42.5 Å². The highest BCUT2D eigenvalue weighted by molar-refractivity contribution is 8.01. The Kier molecular flexibility index (Phi) is 5.05. The number of thiazole rings is 2. The Hall–Kier alpha value is -2.16. The molecule has 1 N–H and O–H groups in total. The van der Waals surface area contributed by atoms with Crippen LogP contribution >= 0.6 is 34.4 Å². The topological polar surface area (TPSA) is 64.1 Å². The number of benzene rings is 2. The summed E-state index contributed by atoms with van der Waals surface area (Å²) < 4.78 is 8.51. The van der Waals surface area contributed by atoms with Crippen molar-refractivity contribution in [2.24, 2.45) is 0 Å². The predicted octanol–water partition coefficient (Wildman–Crippen LogP) is 5.04. The second-order valence-electron chi connectivity index (χ2n) is 5.37. The summed E-state index contributed by atoms with van der Waals surface area (Å²) in [6, 6.07) is 13.7. The number of anilines is 1. The molecule has 2 aromatic carbocycles. The first-order valence-corrected chi connectivity index (χ1v) is 10.6. The second-order valence-corrected chi connectivity index (χ2v) is 8.65. The van der Waals surface area contributed by atoms with Crippen LogP contribution in [0.1, 0.15) is 6.92 Å². The number of carbonyl (C=O) groups is 1. The van der Waals surface area contributed by atoms with Gasteiger partial charge < -0.3 is 10.1 Å². The Morgan fingerprint density at radius 3 is 2.81 bits per heavy atom. The van der Waals surface area contributed by atoms with Gasteiger partial charge in [0.05, 0.1) is 32.8 Å². The van der Waals surface area contributed by atoms with E-state index >= 15 is 0 Å². The van der Waals surface area contributed by atoms with Crippen molar-refractivity contribution in [2.75, 3.05) is 17.7 Å². The summed E-state index contributed by atoms with van der Waals surface area (Å²) in [4.78, 5) is 21.2. The summed E-state index contributed by atoms with van der Waals surface area (Å²) in [5.74, 6) is 1.06. The summed E-state index contributed by atoms with van der Waals surface area (Å²) in [6.45, 7) is 2.60. The average Bonchev–Trinajstić information content (AvgIpc) is 3.22. The minimum Gasteiger partial charge on any atom is -0.494 e. The Labute approximate surface area is 162 Å². The number of rotatable bonds is 6. The van der Waals surface area contributed by atoms with Crippen molar-refractivity contribution >= 4 is 65.9 Å². The zero-order valence-corrected chi connectivity index (χ0v) is 16.3. The summed E-state index contributed by atoms with van der Waals surface area (Å²) in [5.41, 5.74) is 1.82. The molecule has 0 aliphatic heterocycles. The molecule has 1 amide bonds. The molecule has 0 aliphatic rings. The Morgan fingerprint density at radius 2 is 1.96 bits per heavy atom. The van der Waals surface area contributed by atoms with Crippen LogP contribution in [0.5, 0.6) is 5.75 Å². The van der Waals surface area contributed by atoms with Crippen molar-refractivity contribution in [1.82, 2.24) is 9.97 Å². The van der Waals surface area contributed by atoms with Gasteiger partial charge in [-0.3, -0.25) is 4.79 Å². The zero-order chi connectivity index (χ0) is 17.9. The van der Waals surface area contributed by atoms with Crippen molar-refractivity contribution in [2.45, 2.75) is 11.3 Å². The lowest BCUT2D eigenvalue weighted by Gasteiger charge is -2.00. The average molecular weight is 402 g/mol. The van der Waals surface area contributed by atoms with Crippen molar-refractivity contribution in [3.8, 4) is 5.75 Å². The molecule has 132 valence electrons. The number of amides is 1. The molecule has 0 spiro atoms. The molecule has 2 aromatic heterocycles. The van der Waals surface area contributed by atoms with Gasteiger partial charge in [-0.15, -0.1) is 11.3 Å². The van der Waals surface area contributed by atoms with Crippen LogP contribution in [0, 0.1) is 0 Å².